The molecule has 32 heavy (non-hydrogen) atoms. The van der Waals surface area contributed by atoms with Crippen LogP contribution < -0.4 is 10.3 Å². The lowest BCUT2D eigenvalue weighted by molar-refractivity contribution is -0.134. The molecule has 0 spiro atoms. The number of benzene rings is 3. The Labute approximate surface area is 200 Å². The summed E-state index contributed by atoms with van der Waals surface area (Å²) in [6.45, 7) is 1.95. The van der Waals surface area contributed by atoms with E-state index in [2.05, 4.69) is 5.43 Å². The molecule has 1 unspecified atom stereocenters. The molecular formula is C24H20ClN3O2S2. The molecule has 2 heterocycles. The summed E-state index contributed by atoms with van der Waals surface area (Å²) in [5.41, 5.74) is 5.73. The largest absolute Gasteiger partial charge is 0.278 e. The number of hydrogen-bond acceptors (Lipinski definition) is 5. The summed E-state index contributed by atoms with van der Waals surface area (Å²) < 4.78 is 0. The van der Waals surface area contributed by atoms with E-state index < -0.39 is 4.87 Å². The van der Waals surface area contributed by atoms with Gasteiger partial charge < -0.3 is 0 Å². The average molecular weight is 482 g/mol. The van der Waals surface area contributed by atoms with Gasteiger partial charge in [-0.05, 0) is 48.9 Å². The first kappa shape index (κ1) is 21.4. The number of carbonyl (C=O) groups is 2. The van der Waals surface area contributed by atoms with Gasteiger partial charge >= 0.3 is 0 Å². The van der Waals surface area contributed by atoms with Gasteiger partial charge in [0.05, 0.1) is 23.7 Å². The first-order valence-corrected chi connectivity index (χ1v) is 12.3. The van der Waals surface area contributed by atoms with Crippen molar-refractivity contribution in [3.8, 4) is 0 Å². The van der Waals surface area contributed by atoms with E-state index in [1.165, 1.54) is 11.8 Å². The van der Waals surface area contributed by atoms with Gasteiger partial charge in [-0.1, -0.05) is 59.8 Å². The van der Waals surface area contributed by atoms with Crippen molar-refractivity contribution in [1.29, 1.82) is 0 Å². The van der Waals surface area contributed by atoms with Gasteiger partial charge in [0.2, 0.25) is 11.8 Å². The molecule has 3 aromatic carbocycles. The molecule has 8 heteroatoms. The number of halogens is 1. The molecule has 5 nitrogen and oxygen atoms in total. The molecular weight excluding hydrogens is 462 g/mol. The van der Waals surface area contributed by atoms with Crippen molar-refractivity contribution < 1.29 is 9.59 Å². The van der Waals surface area contributed by atoms with E-state index >= 15 is 0 Å². The van der Waals surface area contributed by atoms with Gasteiger partial charge in [-0.2, -0.15) is 0 Å². The van der Waals surface area contributed by atoms with Crippen molar-refractivity contribution >= 4 is 58.3 Å². The molecule has 1 N–H and O–H groups in total. The minimum atomic E-state index is -0.657. The predicted molar refractivity (Wildman–Crippen MR) is 130 cm³/mol. The summed E-state index contributed by atoms with van der Waals surface area (Å²) in [6, 6.07) is 23.2. The molecule has 2 aliphatic heterocycles. The van der Waals surface area contributed by atoms with Crippen molar-refractivity contribution in [3.63, 3.8) is 0 Å². The lowest BCUT2D eigenvalue weighted by Gasteiger charge is -2.36. The zero-order valence-electron chi connectivity index (χ0n) is 17.2. The smallest absolute Gasteiger partial charge is 0.248 e. The fourth-order valence-electron chi connectivity index (χ4n) is 4.00. The van der Waals surface area contributed by atoms with Gasteiger partial charge in [0.1, 0.15) is 4.87 Å². The second-order valence-electron chi connectivity index (χ2n) is 7.61. The maximum absolute atomic E-state index is 13.5. The normalized spacial score (nSPS) is 19.6. The number of amides is 2. The van der Waals surface area contributed by atoms with Crippen LogP contribution in [0.4, 0.5) is 11.4 Å². The van der Waals surface area contributed by atoms with Crippen molar-refractivity contribution in [2.75, 3.05) is 17.2 Å². The fraction of sp³-hybridized carbons (Fsp3) is 0.167. The lowest BCUT2D eigenvalue weighted by Crippen LogP contribution is -2.52. The zero-order chi connectivity index (χ0) is 22.3. The van der Waals surface area contributed by atoms with E-state index in [9.17, 15) is 9.59 Å². The van der Waals surface area contributed by atoms with Crippen LogP contribution in [0.1, 0.15) is 12.5 Å². The summed E-state index contributed by atoms with van der Waals surface area (Å²) in [7, 11) is 0. The molecule has 0 radical (unpaired) electrons. The summed E-state index contributed by atoms with van der Waals surface area (Å²) in [5, 5.41) is 2.18. The summed E-state index contributed by atoms with van der Waals surface area (Å²) in [6.07, 6.45) is 0. The molecule has 3 aromatic rings. The highest BCUT2D eigenvalue weighted by atomic mass is 35.5. The number of hydrogen-bond donors (Lipinski definition) is 1. The molecule has 1 atom stereocenters. The zero-order valence-corrected chi connectivity index (χ0v) is 19.6. The van der Waals surface area contributed by atoms with Crippen LogP contribution in [0, 0.1) is 0 Å². The van der Waals surface area contributed by atoms with E-state index in [-0.39, 0.29) is 18.4 Å². The minimum Gasteiger partial charge on any atom is -0.278 e. The van der Waals surface area contributed by atoms with Crippen molar-refractivity contribution in [1.82, 2.24) is 10.4 Å². The number of nitrogens with one attached hydrogen (secondary N) is 1. The van der Waals surface area contributed by atoms with Gasteiger partial charge in [-0.25, -0.2) is 5.43 Å². The number of para-hydroxylation sites is 2. The molecule has 0 aromatic heterocycles. The third-order valence-corrected chi connectivity index (χ3v) is 8.32. The predicted octanol–water partition coefficient (Wildman–Crippen LogP) is 5.42. The van der Waals surface area contributed by atoms with Crippen LogP contribution >= 0.6 is 35.1 Å². The van der Waals surface area contributed by atoms with Gasteiger partial charge in [-0.3, -0.25) is 19.5 Å². The number of anilines is 2. The maximum atomic E-state index is 13.5. The highest BCUT2D eigenvalue weighted by Crippen LogP contribution is 2.48. The Bertz CT molecular complexity index is 1180. The van der Waals surface area contributed by atoms with Crippen LogP contribution in [0.15, 0.2) is 82.6 Å². The number of rotatable bonds is 4. The van der Waals surface area contributed by atoms with Gasteiger partial charge in [0.15, 0.2) is 0 Å². The summed E-state index contributed by atoms with van der Waals surface area (Å²) in [5.74, 6) is 0.125. The third-order valence-electron chi connectivity index (χ3n) is 5.58. The quantitative estimate of drug-likeness (QED) is 0.539. The Morgan fingerprint density at radius 1 is 1.03 bits per heavy atom. The Kier molecular flexibility index (Phi) is 5.67. The topological polar surface area (TPSA) is 52.7 Å². The number of carbonyl (C=O) groups excluding carboxylic acids is 2. The van der Waals surface area contributed by atoms with Crippen LogP contribution in [-0.2, 0) is 14.5 Å². The highest BCUT2D eigenvalue weighted by Gasteiger charge is 2.44. The minimum absolute atomic E-state index is 0.0181. The number of thioether (sulfide) groups is 1. The molecule has 0 saturated carbocycles. The highest BCUT2D eigenvalue weighted by molar-refractivity contribution is 8.01. The summed E-state index contributed by atoms with van der Waals surface area (Å²) >= 11 is 9.36. The Hall–Kier alpha value is -2.45. The van der Waals surface area contributed by atoms with Gasteiger partial charge in [-0.15, -0.1) is 11.8 Å². The fourth-order valence-corrected chi connectivity index (χ4v) is 6.37. The average Bonchev–Trinajstić information content (AvgIpc) is 3.10. The van der Waals surface area contributed by atoms with Gasteiger partial charge in [0.25, 0.3) is 0 Å². The SMILES string of the molecule is CC1(c2cccc(Cl)c2)SCC(=O)N1NCC(=O)N1c2ccccc2Sc2ccccc21. The van der Waals surface area contributed by atoms with E-state index in [1.807, 2.05) is 73.7 Å². The third kappa shape index (κ3) is 3.69. The van der Waals surface area contributed by atoms with Crippen LogP contribution in [0.5, 0.6) is 0 Å². The van der Waals surface area contributed by atoms with E-state index in [4.69, 9.17) is 11.6 Å². The van der Waals surface area contributed by atoms with Crippen molar-refractivity contribution in [2.24, 2.45) is 0 Å². The number of fused-ring (bicyclic) bond motifs is 2. The van der Waals surface area contributed by atoms with E-state index in [1.54, 1.807) is 27.7 Å². The van der Waals surface area contributed by atoms with Crippen LogP contribution in [0.3, 0.4) is 0 Å². The van der Waals surface area contributed by atoms with Crippen LogP contribution in [0.25, 0.3) is 0 Å². The molecule has 1 saturated heterocycles. The monoisotopic (exact) mass is 481 g/mol. The second kappa shape index (κ2) is 8.48. The Balaban J connectivity index is 1.42. The van der Waals surface area contributed by atoms with E-state index in [0.717, 1.165) is 26.7 Å². The number of nitrogens with zero attached hydrogens (tertiary/aromatic N) is 2. The molecule has 1 fully saturated rings. The molecule has 2 aliphatic rings. The first-order chi connectivity index (χ1) is 15.5. The standard InChI is InChI=1S/C24H20ClN3O2S2/c1-24(16-7-6-8-17(25)13-16)28(23(30)15-31-24)26-14-22(29)27-18-9-2-4-11-20(18)32-21-12-5-3-10-19(21)27/h2-13,26H,14-15H2,1H3. The Morgan fingerprint density at radius 3 is 2.34 bits per heavy atom. The van der Waals surface area contributed by atoms with Crippen LogP contribution in [-0.4, -0.2) is 29.1 Å². The van der Waals surface area contributed by atoms with E-state index in [0.29, 0.717) is 10.8 Å². The second-order valence-corrected chi connectivity index (χ2v) is 10.5. The molecule has 0 aliphatic carbocycles. The first-order valence-electron chi connectivity index (χ1n) is 10.1. The van der Waals surface area contributed by atoms with Crippen molar-refractivity contribution in [2.45, 2.75) is 21.6 Å². The summed E-state index contributed by atoms with van der Waals surface area (Å²) in [4.78, 5) is 29.3. The molecule has 162 valence electrons. The maximum Gasteiger partial charge on any atom is 0.248 e. The Morgan fingerprint density at radius 2 is 1.69 bits per heavy atom. The molecule has 0 bridgehead atoms. The van der Waals surface area contributed by atoms with Gasteiger partial charge in [0, 0.05) is 14.8 Å². The lowest BCUT2D eigenvalue weighted by atomic mass is 10.1. The number of hydrazine groups is 1. The molecule has 5 rings (SSSR count). The van der Waals surface area contributed by atoms with Crippen LogP contribution in [0.2, 0.25) is 5.02 Å². The molecule has 2 amide bonds. The van der Waals surface area contributed by atoms with Crippen molar-refractivity contribution in [3.05, 3.63) is 83.4 Å².